The van der Waals surface area contributed by atoms with Crippen LogP contribution in [0.4, 0.5) is 0 Å². The van der Waals surface area contributed by atoms with Gasteiger partial charge in [-0.2, -0.15) is 0 Å². The zero-order valence-corrected chi connectivity index (χ0v) is 15.1. The minimum absolute atomic E-state index is 0.0487. The third-order valence-electron chi connectivity index (χ3n) is 5.42. The van der Waals surface area contributed by atoms with Gasteiger partial charge in [0.15, 0.2) is 0 Å². The van der Waals surface area contributed by atoms with Gasteiger partial charge in [0, 0.05) is 33.0 Å². The topological polar surface area (TPSA) is 25.8 Å². The van der Waals surface area contributed by atoms with Gasteiger partial charge >= 0.3 is 0 Å². The third-order valence-corrected chi connectivity index (χ3v) is 6.51. The monoisotopic (exact) mass is 330 g/mol. The van der Waals surface area contributed by atoms with Gasteiger partial charge in [0.2, 0.25) is 0 Å². The molecule has 3 heterocycles. The van der Waals surface area contributed by atoms with E-state index in [0.29, 0.717) is 0 Å². The SMILES string of the molecule is Cc1cc2sc3ccc4c(c3c2nc1C)C(C)(C)c1cccnc1-4. The first kappa shape index (κ1) is 14.1. The van der Waals surface area contributed by atoms with Crippen molar-refractivity contribution in [1.82, 2.24) is 9.97 Å². The minimum atomic E-state index is -0.0487. The minimum Gasteiger partial charge on any atom is -0.256 e. The van der Waals surface area contributed by atoms with Crippen LogP contribution in [0.15, 0.2) is 36.5 Å². The molecule has 2 nitrogen and oxygen atoms in total. The number of aryl methyl sites for hydroxylation is 2. The summed E-state index contributed by atoms with van der Waals surface area (Å²) in [6, 6.07) is 11.0. The molecule has 0 radical (unpaired) electrons. The van der Waals surface area contributed by atoms with Gasteiger partial charge in [0.25, 0.3) is 0 Å². The Morgan fingerprint density at radius 1 is 1.04 bits per heavy atom. The van der Waals surface area contributed by atoms with Gasteiger partial charge in [0.05, 0.1) is 15.9 Å². The maximum Gasteiger partial charge on any atom is 0.0895 e. The summed E-state index contributed by atoms with van der Waals surface area (Å²) in [6.45, 7) is 8.86. The number of hydrogen-bond donors (Lipinski definition) is 0. The average molecular weight is 330 g/mol. The van der Waals surface area contributed by atoms with Crippen molar-refractivity contribution in [3.63, 3.8) is 0 Å². The Morgan fingerprint density at radius 2 is 1.88 bits per heavy atom. The molecular weight excluding hydrogens is 312 g/mol. The van der Waals surface area contributed by atoms with E-state index in [-0.39, 0.29) is 5.41 Å². The lowest BCUT2D eigenvalue weighted by Gasteiger charge is -2.22. The van der Waals surface area contributed by atoms with Crippen molar-refractivity contribution in [3.05, 3.63) is 58.9 Å². The van der Waals surface area contributed by atoms with E-state index >= 15 is 0 Å². The van der Waals surface area contributed by atoms with Crippen molar-refractivity contribution < 1.29 is 0 Å². The van der Waals surface area contributed by atoms with Crippen LogP contribution in [0.1, 0.15) is 36.2 Å². The lowest BCUT2D eigenvalue weighted by molar-refractivity contribution is 0.665. The zero-order valence-electron chi connectivity index (χ0n) is 14.3. The van der Waals surface area contributed by atoms with Crippen molar-refractivity contribution in [2.24, 2.45) is 0 Å². The van der Waals surface area contributed by atoms with E-state index in [1.54, 1.807) is 0 Å². The second-order valence-corrected chi connectivity index (χ2v) is 8.31. The number of aromatic nitrogens is 2. The average Bonchev–Trinajstić information content (AvgIpc) is 3.02. The number of hydrogen-bond acceptors (Lipinski definition) is 3. The summed E-state index contributed by atoms with van der Waals surface area (Å²) in [5, 5.41) is 1.32. The van der Waals surface area contributed by atoms with Gasteiger partial charge in [-0.1, -0.05) is 26.0 Å². The molecule has 0 N–H and O–H groups in total. The molecule has 3 heteroatoms. The first-order valence-corrected chi connectivity index (χ1v) is 9.10. The first-order valence-electron chi connectivity index (χ1n) is 8.28. The molecule has 3 aromatic heterocycles. The molecule has 0 unspecified atom stereocenters. The van der Waals surface area contributed by atoms with Crippen LogP contribution in [0.25, 0.3) is 31.6 Å². The molecule has 4 aromatic rings. The van der Waals surface area contributed by atoms with E-state index in [9.17, 15) is 0 Å². The van der Waals surface area contributed by atoms with E-state index in [0.717, 1.165) is 16.9 Å². The van der Waals surface area contributed by atoms with Gasteiger partial charge in [-0.3, -0.25) is 9.97 Å². The maximum absolute atomic E-state index is 4.96. The lowest BCUT2D eigenvalue weighted by Crippen LogP contribution is -2.15. The number of thiophene rings is 1. The molecule has 0 bridgehead atoms. The van der Waals surface area contributed by atoms with Crippen LogP contribution in [0, 0.1) is 13.8 Å². The number of rotatable bonds is 0. The van der Waals surface area contributed by atoms with E-state index in [1.165, 1.54) is 37.0 Å². The first-order chi connectivity index (χ1) is 11.5. The Kier molecular flexibility index (Phi) is 2.60. The zero-order chi connectivity index (χ0) is 16.6. The van der Waals surface area contributed by atoms with Crippen LogP contribution in [0.3, 0.4) is 0 Å². The smallest absolute Gasteiger partial charge is 0.0895 e. The normalized spacial score (nSPS) is 15.0. The van der Waals surface area contributed by atoms with Crippen molar-refractivity contribution in [2.45, 2.75) is 33.1 Å². The van der Waals surface area contributed by atoms with E-state index in [2.05, 4.69) is 56.9 Å². The highest BCUT2D eigenvalue weighted by Gasteiger charge is 2.38. The quantitative estimate of drug-likeness (QED) is 0.409. The van der Waals surface area contributed by atoms with Crippen molar-refractivity contribution in [1.29, 1.82) is 0 Å². The summed E-state index contributed by atoms with van der Waals surface area (Å²) in [6.07, 6.45) is 1.89. The van der Waals surface area contributed by atoms with Crippen LogP contribution in [-0.4, -0.2) is 9.97 Å². The summed E-state index contributed by atoms with van der Waals surface area (Å²) in [7, 11) is 0. The van der Waals surface area contributed by atoms with E-state index in [1.807, 2.05) is 23.6 Å². The molecule has 0 amide bonds. The van der Waals surface area contributed by atoms with Gasteiger partial charge in [0.1, 0.15) is 0 Å². The van der Waals surface area contributed by atoms with Crippen LogP contribution < -0.4 is 0 Å². The standard InChI is InChI=1S/C21H18N2S/c1-11-10-16-20(23-12(11)2)17-15(24-16)8-7-13-18(17)21(3,4)14-6-5-9-22-19(13)14/h5-10H,1-4H3. The van der Waals surface area contributed by atoms with Gasteiger partial charge in [-0.05, 0) is 48.7 Å². The molecule has 24 heavy (non-hydrogen) atoms. The molecule has 0 saturated carbocycles. The third kappa shape index (κ3) is 1.60. The number of fused-ring (bicyclic) bond motifs is 7. The van der Waals surface area contributed by atoms with Crippen LogP contribution in [0.2, 0.25) is 0 Å². The Labute approximate surface area is 145 Å². The number of pyridine rings is 2. The predicted octanol–water partition coefficient (Wildman–Crippen LogP) is 5.77. The largest absolute Gasteiger partial charge is 0.256 e. The highest BCUT2D eigenvalue weighted by molar-refractivity contribution is 7.25. The van der Waals surface area contributed by atoms with Crippen molar-refractivity contribution in [3.8, 4) is 11.3 Å². The molecule has 0 spiro atoms. The summed E-state index contributed by atoms with van der Waals surface area (Å²) < 4.78 is 2.60. The van der Waals surface area contributed by atoms with Gasteiger partial charge < -0.3 is 0 Å². The fourth-order valence-corrected chi connectivity index (χ4v) is 5.22. The van der Waals surface area contributed by atoms with Crippen LogP contribution in [0.5, 0.6) is 0 Å². The highest BCUT2D eigenvalue weighted by atomic mass is 32.1. The molecule has 0 aliphatic heterocycles. The summed E-state index contributed by atoms with van der Waals surface area (Å²) in [5.74, 6) is 0. The summed E-state index contributed by atoms with van der Waals surface area (Å²) >= 11 is 1.85. The summed E-state index contributed by atoms with van der Waals surface area (Å²) in [4.78, 5) is 9.64. The van der Waals surface area contributed by atoms with Crippen LogP contribution >= 0.6 is 11.3 Å². The fraction of sp³-hybridized carbons (Fsp3) is 0.238. The van der Waals surface area contributed by atoms with E-state index < -0.39 is 0 Å². The Balaban J connectivity index is 2.00. The Hall–Kier alpha value is -2.26. The molecule has 5 rings (SSSR count). The number of nitrogens with zero attached hydrogens (tertiary/aromatic N) is 2. The van der Waals surface area contributed by atoms with Gasteiger partial charge in [-0.15, -0.1) is 11.3 Å². The molecule has 0 saturated heterocycles. The van der Waals surface area contributed by atoms with Gasteiger partial charge in [-0.25, -0.2) is 0 Å². The second kappa shape index (κ2) is 4.42. The van der Waals surface area contributed by atoms with Crippen molar-refractivity contribution >= 4 is 31.6 Å². The summed E-state index contributed by atoms with van der Waals surface area (Å²) in [5.41, 5.74) is 8.57. The molecular formula is C21H18N2S. The number of benzene rings is 1. The van der Waals surface area contributed by atoms with Crippen molar-refractivity contribution in [2.75, 3.05) is 0 Å². The lowest BCUT2D eigenvalue weighted by atomic mass is 9.81. The Bertz CT molecular complexity index is 1150. The molecule has 1 aliphatic rings. The second-order valence-electron chi connectivity index (χ2n) is 7.23. The fourth-order valence-electron chi connectivity index (χ4n) is 4.06. The van der Waals surface area contributed by atoms with Crippen LogP contribution in [-0.2, 0) is 5.41 Å². The molecule has 118 valence electrons. The maximum atomic E-state index is 4.96. The Morgan fingerprint density at radius 3 is 2.71 bits per heavy atom. The molecule has 0 fully saturated rings. The molecule has 1 aliphatic carbocycles. The highest BCUT2D eigenvalue weighted by Crippen LogP contribution is 2.52. The molecule has 1 aromatic carbocycles. The molecule has 0 atom stereocenters. The van der Waals surface area contributed by atoms with E-state index in [4.69, 9.17) is 4.98 Å². The predicted molar refractivity (Wildman–Crippen MR) is 102 cm³/mol.